The zero-order valence-electron chi connectivity index (χ0n) is 9.43. The van der Waals surface area contributed by atoms with Crippen molar-refractivity contribution in [3.63, 3.8) is 0 Å². The second kappa shape index (κ2) is 6.33. The van der Waals surface area contributed by atoms with Gasteiger partial charge in [-0.2, -0.15) is 11.8 Å². The Morgan fingerprint density at radius 1 is 1.47 bits per heavy atom. The van der Waals surface area contributed by atoms with Gasteiger partial charge in [-0.1, -0.05) is 36.3 Å². The van der Waals surface area contributed by atoms with Crippen LogP contribution in [0.15, 0.2) is 30.3 Å². The molecule has 0 aliphatic carbocycles. The van der Waals surface area contributed by atoms with E-state index in [9.17, 15) is 4.79 Å². The van der Waals surface area contributed by atoms with Crippen LogP contribution in [0.2, 0.25) is 0 Å². The molecule has 1 aromatic carbocycles. The number of thioether (sulfide) groups is 1. The maximum atomic E-state index is 10.8. The summed E-state index contributed by atoms with van der Waals surface area (Å²) >= 11 is 1.63. The third-order valence-electron chi connectivity index (χ3n) is 2.39. The Kier molecular flexibility index (Phi) is 5.08. The molecule has 0 saturated heterocycles. The van der Waals surface area contributed by atoms with Gasteiger partial charge in [0.1, 0.15) is 0 Å². The fourth-order valence-corrected chi connectivity index (χ4v) is 2.28. The summed E-state index contributed by atoms with van der Waals surface area (Å²) in [6.07, 6.45) is 5.41. The minimum atomic E-state index is -1.54. The SMILES string of the molecule is C#CC(N)(CCSCc1ccccc1)C(=O)O. The van der Waals surface area contributed by atoms with Crippen LogP contribution in [0.25, 0.3) is 0 Å². The lowest BCUT2D eigenvalue weighted by Gasteiger charge is -2.17. The Bertz CT molecular complexity index is 413. The molecule has 1 unspecified atom stereocenters. The number of rotatable bonds is 6. The molecule has 90 valence electrons. The van der Waals surface area contributed by atoms with Crippen LogP contribution in [-0.4, -0.2) is 22.4 Å². The molecule has 0 fully saturated rings. The van der Waals surface area contributed by atoms with Gasteiger partial charge in [-0.3, -0.25) is 0 Å². The predicted octanol–water partition coefficient (Wildman–Crippen LogP) is 1.73. The molecule has 0 saturated carbocycles. The zero-order chi connectivity index (χ0) is 12.7. The average molecular weight is 249 g/mol. The number of carboxylic acid groups (broad SMARTS) is 1. The van der Waals surface area contributed by atoms with E-state index in [2.05, 4.69) is 5.92 Å². The van der Waals surface area contributed by atoms with Crippen molar-refractivity contribution in [1.29, 1.82) is 0 Å². The molecule has 0 amide bonds. The molecule has 0 heterocycles. The first-order valence-electron chi connectivity index (χ1n) is 5.20. The summed E-state index contributed by atoms with van der Waals surface area (Å²) in [7, 11) is 0. The number of benzene rings is 1. The number of carbonyl (C=O) groups is 1. The van der Waals surface area contributed by atoms with Crippen LogP contribution < -0.4 is 5.73 Å². The Labute approximate surface area is 105 Å². The lowest BCUT2D eigenvalue weighted by Crippen LogP contribution is -2.47. The van der Waals surface area contributed by atoms with Gasteiger partial charge in [-0.25, -0.2) is 4.79 Å². The Morgan fingerprint density at radius 2 is 2.12 bits per heavy atom. The van der Waals surface area contributed by atoms with E-state index in [1.807, 2.05) is 30.3 Å². The van der Waals surface area contributed by atoms with Gasteiger partial charge in [0.2, 0.25) is 0 Å². The Balaban J connectivity index is 2.34. The topological polar surface area (TPSA) is 63.3 Å². The van der Waals surface area contributed by atoms with E-state index < -0.39 is 11.5 Å². The summed E-state index contributed by atoms with van der Waals surface area (Å²) in [4.78, 5) is 10.8. The van der Waals surface area contributed by atoms with Gasteiger partial charge < -0.3 is 10.8 Å². The first kappa shape index (κ1) is 13.6. The maximum Gasteiger partial charge on any atom is 0.336 e. The third-order valence-corrected chi connectivity index (χ3v) is 3.42. The summed E-state index contributed by atoms with van der Waals surface area (Å²) in [5.74, 6) is 2.46. The van der Waals surface area contributed by atoms with Gasteiger partial charge in [0, 0.05) is 5.75 Å². The van der Waals surface area contributed by atoms with E-state index in [4.69, 9.17) is 17.3 Å². The highest BCUT2D eigenvalue weighted by molar-refractivity contribution is 7.98. The third kappa shape index (κ3) is 4.14. The first-order valence-corrected chi connectivity index (χ1v) is 6.35. The van der Waals surface area contributed by atoms with Crippen LogP contribution in [0, 0.1) is 12.3 Å². The highest BCUT2D eigenvalue weighted by Gasteiger charge is 2.30. The summed E-state index contributed by atoms with van der Waals surface area (Å²) in [5.41, 5.74) is 5.24. The Hall–Kier alpha value is -1.44. The second-order valence-electron chi connectivity index (χ2n) is 3.71. The second-order valence-corrected chi connectivity index (χ2v) is 4.81. The van der Waals surface area contributed by atoms with Gasteiger partial charge in [-0.05, 0) is 17.7 Å². The molecule has 1 rings (SSSR count). The van der Waals surface area contributed by atoms with Crippen molar-refractivity contribution in [1.82, 2.24) is 0 Å². The molecule has 17 heavy (non-hydrogen) atoms. The molecule has 0 aromatic heterocycles. The first-order chi connectivity index (χ1) is 8.08. The molecular weight excluding hydrogens is 234 g/mol. The number of carboxylic acids is 1. The normalized spacial score (nSPS) is 13.6. The van der Waals surface area contributed by atoms with Crippen LogP contribution in [0.4, 0.5) is 0 Å². The van der Waals surface area contributed by atoms with Gasteiger partial charge in [0.25, 0.3) is 0 Å². The number of hydrogen-bond acceptors (Lipinski definition) is 3. The monoisotopic (exact) mass is 249 g/mol. The molecule has 0 spiro atoms. The van der Waals surface area contributed by atoms with Crippen LogP contribution in [-0.2, 0) is 10.5 Å². The highest BCUT2D eigenvalue weighted by Crippen LogP contribution is 2.16. The standard InChI is InChI=1S/C13H15NO2S/c1-2-13(14,12(15)16)8-9-17-10-11-6-4-3-5-7-11/h1,3-7H,8-10,14H2,(H,15,16). The van der Waals surface area contributed by atoms with Crippen molar-refractivity contribution >= 4 is 17.7 Å². The Morgan fingerprint density at radius 3 is 2.65 bits per heavy atom. The smallest absolute Gasteiger partial charge is 0.336 e. The zero-order valence-corrected chi connectivity index (χ0v) is 10.2. The molecule has 0 aliphatic rings. The molecule has 0 bridgehead atoms. The van der Waals surface area contributed by atoms with Crippen molar-refractivity contribution in [2.75, 3.05) is 5.75 Å². The van der Waals surface area contributed by atoms with Crippen molar-refractivity contribution in [3.8, 4) is 12.3 Å². The van der Waals surface area contributed by atoms with Gasteiger partial charge in [0.15, 0.2) is 5.54 Å². The average Bonchev–Trinajstić information content (AvgIpc) is 2.35. The number of hydrogen-bond donors (Lipinski definition) is 2. The lowest BCUT2D eigenvalue weighted by atomic mass is 9.99. The van der Waals surface area contributed by atoms with E-state index in [-0.39, 0.29) is 6.42 Å². The quantitative estimate of drug-likeness (QED) is 0.595. The number of aliphatic carboxylic acids is 1. The largest absolute Gasteiger partial charge is 0.479 e. The van der Waals surface area contributed by atoms with E-state index in [0.717, 1.165) is 5.75 Å². The highest BCUT2D eigenvalue weighted by atomic mass is 32.2. The molecule has 1 atom stereocenters. The van der Waals surface area contributed by atoms with Crippen molar-refractivity contribution in [3.05, 3.63) is 35.9 Å². The molecular formula is C13H15NO2S. The maximum absolute atomic E-state index is 10.8. The molecule has 0 aliphatic heterocycles. The predicted molar refractivity (Wildman–Crippen MR) is 70.6 cm³/mol. The van der Waals surface area contributed by atoms with Crippen LogP contribution >= 0.6 is 11.8 Å². The summed E-state index contributed by atoms with van der Waals surface area (Å²) in [5, 5.41) is 8.87. The lowest BCUT2D eigenvalue weighted by molar-refractivity contribution is -0.141. The summed E-state index contributed by atoms with van der Waals surface area (Å²) in [6, 6.07) is 9.97. The summed E-state index contributed by atoms with van der Waals surface area (Å²) < 4.78 is 0. The summed E-state index contributed by atoms with van der Waals surface area (Å²) in [6.45, 7) is 0. The number of nitrogens with two attached hydrogens (primary N) is 1. The van der Waals surface area contributed by atoms with Gasteiger partial charge in [0.05, 0.1) is 0 Å². The van der Waals surface area contributed by atoms with Crippen LogP contribution in [0.1, 0.15) is 12.0 Å². The molecule has 0 radical (unpaired) electrons. The fraction of sp³-hybridized carbons (Fsp3) is 0.308. The van der Waals surface area contributed by atoms with E-state index in [0.29, 0.717) is 5.75 Å². The fourth-order valence-electron chi connectivity index (χ4n) is 1.24. The molecule has 1 aromatic rings. The van der Waals surface area contributed by atoms with Crippen molar-refractivity contribution < 1.29 is 9.90 Å². The molecule has 3 nitrogen and oxygen atoms in total. The van der Waals surface area contributed by atoms with Crippen LogP contribution in [0.3, 0.4) is 0 Å². The minimum absolute atomic E-state index is 0.274. The van der Waals surface area contributed by atoms with Crippen molar-refractivity contribution in [2.24, 2.45) is 5.73 Å². The van der Waals surface area contributed by atoms with Crippen LogP contribution in [0.5, 0.6) is 0 Å². The molecule has 3 N–H and O–H groups in total. The van der Waals surface area contributed by atoms with Gasteiger partial charge in [-0.15, -0.1) is 6.42 Å². The van der Waals surface area contributed by atoms with E-state index in [1.54, 1.807) is 11.8 Å². The van der Waals surface area contributed by atoms with E-state index in [1.165, 1.54) is 5.56 Å². The van der Waals surface area contributed by atoms with E-state index >= 15 is 0 Å². The number of terminal acetylenes is 1. The van der Waals surface area contributed by atoms with Gasteiger partial charge >= 0.3 is 5.97 Å². The minimum Gasteiger partial charge on any atom is -0.479 e. The molecule has 4 heteroatoms. The van der Waals surface area contributed by atoms with Crippen molar-refractivity contribution in [2.45, 2.75) is 17.7 Å².